The first-order chi connectivity index (χ1) is 15.4. The van der Waals surface area contributed by atoms with Crippen LogP contribution in [0.4, 0.5) is 11.4 Å². The highest BCUT2D eigenvalue weighted by atomic mass is 35.5. The first-order valence-electron chi connectivity index (χ1n) is 9.98. The topological polar surface area (TPSA) is 84.5 Å². The van der Waals surface area contributed by atoms with E-state index in [1.165, 1.54) is 19.2 Å². The van der Waals surface area contributed by atoms with E-state index in [1.54, 1.807) is 48.5 Å². The summed E-state index contributed by atoms with van der Waals surface area (Å²) in [5.41, 5.74) is 1.72. The molecule has 0 atom stereocenters. The Morgan fingerprint density at radius 2 is 1.52 bits per heavy atom. The second-order valence-corrected chi connectivity index (χ2v) is 10.9. The van der Waals surface area contributed by atoms with Gasteiger partial charge in [0.05, 0.1) is 28.4 Å². The number of hydrogen-bond acceptors (Lipinski definition) is 4. The maximum atomic E-state index is 12.9. The molecule has 0 fully saturated rings. The number of carbonyl (C=O) groups excluding carboxylic acids is 1. The van der Waals surface area contributed by atoms with Crippen LogP contribution in [0, 0.1) is 0 Å². The Balaban J connectivity index is 1.86. The first kappa shape index (κ1) is 24.9. The third-order valence-electron chi connectivity index (χ3n) is 4.92. The van der Waals surface area contributed by atoms with Crippen LogP contribution in [0.25, 0.3) is 0 Å². The summed E-state index contributed by atoms with van der Waals surface area (Å²) in [6, 6.07) is 15.9. The molecule has 0 aromatic heterocycles. The molecule has 0 spiro atoms. The van der Waals surface area contributed by atoms with Crippen LogP contribution in [-0.4, -0.2) is 21.4 Å². The lowest BCUT2D eigenvalue weighted by Crippen LogP contribution is -2.16. The van der Waals surface area contributed by atoms with Crippen molar-refractivity contribution in [3.05, 3.63) is 81.8 Å². The molecule has 174 valence electrons. The molecular formula is C24H24Cl2N2O4S. The standard InChI is InChI=1S/C24H24Cl2N2O4S/c1-24(2,3)16-7-11-18(12-8-16)33(30,31)28-21-13-19(26)20(14-22(21)32-4)27-23(29)15-5-9-17(25)10-6-15/h5-14,28H,1-4H3,(H,27,29). The van der Waals surface area contributed by atoms with Gasteiger partial charge in [0.25, 0.3) is 15.9 Å². The van der Waals surface area contributed by atoms with Gasteiger partial charge in [-0.1, -0.05) is 56.1 Å². The van der Waals surface area contributed by atoms with Gasteiger partial charge in [0.1, 0.15) is 5.75 Å². The van der Waals surface area contributed by atoms with Crippen molar-refractivity contribution in [2.75, 3.05) is 17.1 Å². The Morgan fingerprint density at radius 3 is 2.06 bits per heavy atom. The molecule has 1 amide bonds. The SMILES string of the molecule is COc1cc(NC(=O)c2ccc(Cl)cc2)c(Cl)cc1NS(=O)(=O)c1ccc(C(C)(C)C)cc1. The average molecular weight is 507 g/mol. The number of carbonyl (C=O) groups is 1. The van der Waals surface area contributed by atoms with Crippen LogP contribution < -0.4 is 14.8 Å². The molecule has 0 radical (unpaired) electrons. The zero-order valence-corrected chi connectivity index (χ0v) is 20.9. The van der Waals surface area contributed by atoms with Crippen LogP contribution in [0.15, 0.2) is 65.6 Å². The van der Waals surface area contributed by atoms with Crippen molar-refractivity contribution >= 4 is 50.5 Å². The van der Waals surface area contributed by atoms with Gasteiger partial charge >= 0.3 is 0 Å². The van der Waals surface area contributed by atoms with Gasteiger partial charge in [-0.2, -0.15) is 0 Å². The van der Waals surface area contributed by atoms with E-state index in [0.29, 0.717) is 10.6 Å². The molecule has 0 aliphatic carbocycles. The molecule has 2 N–H and O–H groups in total. The number of anilines is 2. The van der Waals surface area contributed by atoms with Crippen molar-refractivity contribution < 1.29 is 17.9 Å². The fourth-order valence-corrected chi connectivity index (χ4v) is 4.43. The lowest BCUT2D eigenvalue weighted by molar-refractivity contribution is 0.102. The molecule has 33 heavy (non-hydrogen) atoms. The monoisotopic (exact) mass is 506 g/mol. The van der Waals surface area contributed by atoms with Crippen molar-refractivity contribution in [1.29, 1.82) is 0 Å². The van der Waals surface area contributed by atoms with Gasteiger partial charge in [0.2, 0.25) is 0 Å². The summed E-state index contributed by atoms with van der Waals surface area (Å²) in [5.74, 6) is -0.205. The Hall–Kier alpha value is -2.74. The molecule has 0 saturated heterocycles. The predicted molar refractivity (Wildman–Crippen MR) is 133 cm³/mol. The molecule has 9 heteroatoms. The van der Waals surface area contributed by atoms with Crippen LogP contribution in [0.1, 0.15) is 36.7 Å². The Labute approximate surface area is 203 Å². The summed E-state index contributed by atoms with van der Waals surface area (Å²) in [6.45, 7) is 6.15. The minimum Gasteiger partial charge on any atom is -0.494 e. The fourth-order valence-electron chi connectivity index (χ4n) is 3.03. The second-order valence-electron chi connectivity index (χ2n) is 8.37. The van der Waals surface area contributed by atoms with Gasteiger partial charge in [-0.3, -0.25) is 9.52 Å². The number of ether oxygens (including phenoxy) is 1. The van der Waals surface area contributed by atoms with Crippen LogP contribution in [0.3, 0.4) is 0 Å². The van der Waals surface area contributed by atoms with E-state index in [9.17, 15) is 13.2 Å². The van der Waals surface area contributed by atoms with Gasteiger partial charge < -0.3 is 10.1 Å². The van der Waals surface area contributed by atoms with E-state index in [2.05, 4.69) is 30.8 Å². The molecule has 0 heterocycles. The van der Waals surface area contributed by atoms with Crippen molar-refractivity contribution in [2.24, 2.45) is 0 Å². The Bertz CT molecular complexity index is 1270. The predicted octanol–water partition coefficient (Wildman–Crippen LogP) is 6.35. The third-order valence-corrected chi connectivity index (χ3v) is 6.86. The maximum absolute atomic E-state index is 12.9. The zero-order valence-electron chi connectivity index (χ0n) is 18.6. The number of rotatable bonds is 6. The highest BCUT2D eigenvalue weighted by Gasteiger charge is 2.21. The van der Waals surface area contributed by atoms with Crippen LogP contribution >= 0.6 is 23.2 Å². The summed E-state index contributed by atoms with van der Waals surface area (Å²) < 4.78 is 33.7. The number of methoxy groups -OCH3 is 1. The third kappa shape index (κ3) is 5.99. The van der Waals surface area contributed by atoms with Crippen LogP contribution in [0.5, 0.6) is 5.75 Å². The molecule has 6 nitrogen and oxygen atoms in total. The van der Waals surface area contributed by atoms with E-state index >= 15 is 0 Å². The quantitative estimate of drug-likeness (QED) is 0.407. The number of nitrogens with one attached hydrogen (secondary N) is 2. The lowest BCUT2D eigenvalue weighted by atomic mass is 9.87. The minimum absolute atomic E-state index is 0.0985. The number of amides is 1. The zero-order chi connectivity index (χ0) is 24.4. The summed E-state index contributed by atoms with van der Waals surface area (Å²) in [5, 5.41) is 3.34. The summed E-state index contributed by atoms with van der Waals surface area (Å²) >= 11 is 12.2. The molecule has 0 saturated carbocycles. The second kappa shape index (κ2) is 9.63. The summed E-state index contributed by atoms with van der Waals surface area (Å²) in [4.78, 5) is 12.6. The first-order valence-corrected chi connectivity index (χ1v) is 12.2. The lowest BCUT2D eigenvalue weighted by Gasteiger charge is -2.19. The molecule has 3 rings (SSSR count). The summed E-state index contributed by atoms with van der Waals surface area (Å²) in [6.07, 6.45) is 0. The fraction of sp³-hybridized carbons (Fsp3) is 0.208. The van der Waals surface area contributed by atoms with Gasteiger partial charge in [-0.15, -0.1) is 0 Å². The van der Waals surface area contributed by atoms with Crippen LogP contribution in [0.2, 0.25) is 10.0 Å². The van der Waals surface area contributed by atoms with Crippen LogP contribution in [-0.2, 0) is 15.4 Å². The molecule has 0 aliphatic rings. The number of halogens is 2. The normalized spacial score (nSPS) is 11.7. The molecule has 0 aliphatic heterocycles. The number of hydrogen-bond donors (Lipinski definition) is 2. The van der Waals surface area contributed by atoms with E-state index in [-0.39, 0.29) is 32.5 Å². The van der Waals surface area contributed by atoms with E-state index in [0.717, 1.165) is 5.56 Å². The van der Waals surface area contributed by atoms with Gasteiger partial charge in [-0.25, -0.2) is 8.42 Å². The van der Waals surface area contributed by atoms with E-state index < -0.39 is 15.9 Å². The Kier molecular flexibility index (Phi) is 7.26. The molecule has 3 aromatic carbocycles. The number of benzene rings is 3. The van der Waals surface area contributed by atoms with Gasteiger partial charge in [-0.05, 0) is 53.4 Å². The molecule has 0 bridgehead atoms. The summed E-state index contributed by atoms with van der Waals surface area (Å²) in [7, 11) is -2.50. The van der Waals surface area contributed by atoms with E-state index in [1.807, 2.05) is 0 Å². The van der Waals surface area contributed by atoms with Gasteiger partial charge in [0, 0.05) is 16.7 Å². The van der Waals surface area contributed by atoms with Crippen molar-refractivity contribution in [1.82, 2.24) is 0 Å². The Morgan fingerprint density at radius 1 is 0.909 bits per heavy atom. The van der Waals surface area contributed by atoms with Crippen molar-refractivity contribution in [3.8, 4) is 5.75 Å². The highest BCUT2D eigenvalue weighted by molar-refractivity contribution is 7.92. The largest absolute Gasteiger partial charge is 0.494 e. The molecular weight excluding hydrogens is 483 g/mol. The average Bonchev–Trinajstić information content (AvgIpc) is 2.75. The minimum atomic E-state index is -3.90. The van der Waals surface area contributed by atoms with Crippen molar-refractivity contribution in [2.45, 2.75) is 31.1 Å². The molecule has 0 unspecified atom stereocenters. The number of sulfonamides is 1. The van der Waals surface area contributed by atoms with E-state index in [4.69, 9.17) is 27.9 Å². The highest BCUT2D eigenvalue weighted by Crippen LogP contribution is 2.36. The smallest absolute Gasteiger partial charge is 0.262 e. The molecule has 3 aromatic rings. The van der Waals surface area contributed by atoms with Gasteiger partial charge in [0.15, 0.2) is 0 Å². The van der Waals surface area contributed by atoms with Crippen molar-refractivity contribution in [3.63, 3.8) is 0 Å². The maximum Gasteiger partial charge on any atom is 0.262 e.